The van der Waals surface area contributed by atoms with Crippen LogP contribution in [-0.2, 0) is 20.9 Å². The van der Waals surface area contributed by atoms with Crippen LogP contribution in [0.25, 0.3) is 10.8 Å². The minimum absolute atomic E-state index is 0.164. The molecule has 2 N–H and O–H groups in total. The fourth-order valence-corrected chi connectivity index (χ4v) is 4.66. The molecule has 0 aliphatic heterocycles. The minimum Gasteiger partial charge on any atom is -0.491 e. The highest BCUT2D eigenvalue weighted by molar-refractivity contribution is 7.98. The average molecular weight is 569 g/mol. The first kappa shape index (κ1) is 31.3. The van der Waals surface area contributed by atoms with Gasteiger partial charge in [0, 0.05) is 19.1 Å². The molecule has 40 heavy (non-hydrogen) atoms. The zero-order valence-corrected chi connectivity index (χ0v) is 24.5. The Balaban J connectivity index is 1.54. The van der Waals surface area contributed by atoms with E-state index >= 15 is 0 Å². The first-order valence-corrected chi connectivity index (χ1v) is 14.8. The Hall–Kier alpha value is -3.27. The lowest BCUT2D eigenvalue weighted by molar-refractivity contribution is -0.145. The van der Waals surface area contributed by atoms with E-state index < -0.39 is 24.0 Å². The normalized spacial score (nSPS) is 12.8. The molecule has 1 unspecified atom stereocenters. The molecule has 0 fully saturated rings. The van der Waals surface area contributed by atoms with Gasteiger partial charge in [0.15, 0.2) is 6.61 Å². The van der Waals surface area contributed by atoms with Gasteiger partial charge in [-0.25, -0.2) is 4.79 Å². The summed E-state index contributed by atoms with van der Waals surface area (Å²) in [7, 11) is 1.30. The Morgan fingerprint density at radius 3 is 2.27 bits per heavy atom. The van der Waals surface area contributed by atoms with E-state index in [-0.39, 0.29) is 19.3 Å². The first-order chi connectivity index (χ1) is 19.3. The summed E-state index contributed by atoms with van der Waals surface area (Å²) >= 11 is 1.59. The quantitative estimate of drug-likeness (QED) is 0.247. The molecule has 0 heterocycles. The predicted octanol–water partition coefficient (Wildman–Crippen LogP) is 4.28. The Bertz CT molecular complexity index is 1220. The molecule has 0 aromatic heterocycles. The van der Waals surface area contributed by atoms with Gasteiger partial charge in [-0.2, -0.15) is 11.8 Å². The average Bonchev–Trinajstić information content (AvgIpc) is 2.96. The van der Waals surface area contributed by atoms with Crippen LogP contribution in [-0.4, -0.2) is 78.9 Å². The number of carbonyl (C=O) groups excluding carboxylic acids is 2. The molecular weight excluding hydrogens is 528 g/mol. The first-order valence-electron chi connectivity index (χ1n) is 13.4. The molecule has 1 amide bonds. The number of carbonyl (C=O) groups is 2. The highest BCUT2D eigenvalue weighted by Crippen LogP contribution is 2.25. The molecule has 9 heteroatoms. The summed E-state index contributed by atoms with van der Waals surface area (Å²) in [6.45, 7) is 5.42. The number of thioether (sulfide) groups is 1. The third kappa shape index (κ3) is 10.0. The molecule has 0 radical (unpaired) electrons. The van der Waals surface area contributed by atoms with Crippen LogP contribution in [0, 0.1) is 0 Å². The third-order valence-electron chi connectivity index (χ3n) is 6.43. The Kier molecular flexibility index (Phi) is 12.6. The summed E-state index contributed by atoms with van der Waals surface area (Å²) in [4.78, 5) is 26.6. The molecule has 3 aromatic carbocycles. The summed E-state index contributed by atoms with van der Waals surface area (Å²) in [5, 5.41) is 15.2. The fourth-order valence-electron chi connectivity index (χ4n) is 4.19. The van der Waals surface area contributed by atoms with E-state index in [1.54, 1.807) is 17.8 Å². The van der Waals surface area contributed by atoms with Gasteiger partial charge in [0.2, 0.25) is 0 Å². The second-order valence-corrected chi connectivity index (χ2v) is 10.8. The molecule has 0 aliphatic carbocycles. The molecule has 0 saturated carbocycles. The van der Waals surface area contributed by atoms with Crippen molar-refractivity contribution in [1.29, 1.82) is 0 Å². The fraction of sp³-hybridized carbons (Fsp3) is 0.419. The number of nitrogens with zero attached hydrogens (tertiary/aromatic N) is 1. The number of fused-ring (bicyclic) bond motifs is 1. The maximum Gasteiger partial charge on any atom is 0.328 e. The number of amides is 1. The number of hydrogen-bond donors (Lipinski definition) is 2. The van der Waals surface area contributed by atoms with Crippen molar-refractivity contribution in [3.63, 3.8) is 0 Å². The third-order valence-corrected chi connectivity index (χ3v) is 7.08. The molecule has 216 valence electrons. The van der Waals surface area contributed by atoms with E-state index in [2.05, 4.69) is 36.2 Å². The molecule has 0 spiro atoms. The smallest absolute Gasteiger partial charge is 0.328 e. The standard InChI is InChI=1S/C31H40N2O6S/c1-22(2)33(18-23-8-6-5-7-9-23)19-26(34)20-38-27-12-10-24-11-13-28(17-25(24)16-27)39-21-30(35)32-29(14-15-40-4)31(36)37-3/h5-13,16-17,22,26,29,34H,14-15,18-21H2,1-4H3,(H,32,35)/t26?,29-/m0/s1. The monoisotopic (exact) mass is 568 g/mol. The maximum atomic E-state index is 12.4. The summed E-state index contributed by atoms with van der Waals surface area (Å²) in [6.07, 6.45) is 1.76. The van der Waals surface area contributed by atoms with Gasteiger partial charge in [-0.1, -0.05) is 42.5 Å². The minimum atomic E-state index is -0.703. The van der Waals surface area contributed by atoms with E-state index in [1.807, 2.05) is 54.8 Å². The molecule has 0 aliphatic rings. The van der Waals surface area contributed by atoms with Crippen LogP contribution in [0.1, 0.15) is 25.8 Å². The van der Waals surface area contributed by atoms with Crippen molar-refractivity contribution in [3.05, 3.63) is 72.3 Å². The van der Waals surface area contributed by atoms with E-state index in [0.717, 1.165) is 23.1 Å². The number of ether oxygens (including phenoxy) is 3. The number of benzene rings is 3. The molecule has 3 rings (SSSR count). The number of nitrogens with one attached hydrogen (secondary N) is 1. The van der Waals surface area contributed by atoms with Gasteiger partial charge < -0.3 is 24.6 Å². The molecule has 3 aromatic rings. The molecule has 2 atom stereocenters. The maximum absolute atomic E-state index is 12.4. The lowest BCUT2D eigenvalue weighted by Crippen LogP contribution is -2.43. The molecule has 0 saturated heterocycles. The Morgan fingerprint density at radius 1 is 0.975 bits per heavy atom. The predicted molar refractivity (Wildman–Crippen MR) is 160 cm³/mol. The van der Waals surface area contributed by atoms with E-state index in [1.165, 1.54) is 12.7 Å². The van der Waals surface area contributed by atoms with Crippen molar-refractivity contribution in [3.8, 4) is 11.5 Å². The lowest BCUT2D eigenvalue weighted by Gasteiger charge is -2.28. The summed E-state index contributed by atoms with van der Waals surface area (Å²) in [5.41, 5.74) is 1.20. The van der Waals surface area contributed by atoms with Crippen molar-refractivity contribution < 1.29 is 28.9 Å². The van der Waals surface area contributed by atoms with Crippen LogP contribution in [0.5, 0.6) is 11.5 Å². The SMILES string of the molecule is COC(=O)[C@H](CCSC)NC(=O)COc1ccc2ccc(OCC(O)CN(Cc3ccccc3)C(C)C)cc2c1. The summed E-state index contributed by atoms with van der Waals surface area (Å²) in [5.74, 6) is 1.00. The van der Waals surface area contributed by atoms with Crippen LogP contribution >= 0.6 is 11.8 Å². The number of rotatable bonds is 16. The van der Waals surface area contributed by atoms with Crippen LogP contribution in [0.15, 0.2) is 66.7 Å². The number of aliphatic hydroxyl groups excluding tert-OH is 1. The van der Waals surface area contributed by atoms with Crippen LogP contribution < -0.4 is 14.8 Å². The zero-order valence-electron chi connectivity index (χ0n) is 23.7. The van der Waals surface area contributed by atoms with Gasteiger partial charge in [0.1, 0.15) is 30.3 Å². The molecule has 8 nitrogen and oxygen atoms in total. The van der Waals surface area contributed by atoms with Crippen molar-refractivity contribution >= 4 is 34.4 Å². The largest absolute Gasteiger partial charge is 0.491 e. The number of esters is 1. The summed E-state index contributed by atoms with van der Waals surface area (Å²) < 4.78 is 16.4. The lowest BCUT2D eigenvalue weighted by atomic mass is 10.1. The molecule has 0 bridgehead atoms. The highest BCUT2D eigenvalue weighted by Gasteiger charge is 2.21. The van der Waals surface area contributed by atoms with Gasteiger partial charge in [-0.3, -0.25) is 9.69 Å². The topological polar surface area (TPSA) is 97.3 Å². The molecular formula is C31H40N2O6S. The zero-order chi connectivity index (χ0) is 28.9. The summed E-state index contributed by atoms with van der Waals surface area (Å²) in [6, 6.07) is 21.0. The number of aliphatic hydroxyl groups is 1. The van der Waals surface area contributed by atoms with Gasteiger partial charge in [0.05, 0.1) is 7.11 Å². The van der Waals surface area contributed by atoms with Crippen LogP contribution in [0.4, 0.5) is 0 Å². The van der Waals surface area contributed by atoms with Crippen molar-refractivity contribution in [1.82, 2.24) is 10.2 Å². The van der Waals surface area contributed by atoms with Gasteiger partial charge in [0.25, 0.3) is 5.91 Å². The van der Waals surface area contributed by atoms with E-state index in [0.29, 0.717) is 24.5 Å². The number of hydrogen-bond acceptors (Lipinski definition) is 8. The van der Waals surface area contributed by atoms with E-state index in [9.17, 15) is 14.7 Å². The van der Waals surface area contributed by atoms with Crippen LogP contribution in [0.3, 0.4) is 0 Å². The van der Waals surface area contributed by atoms with Gasteiger partial charge in [-0.05, 0) is 72.9 Å². The Morgan fingerprint density at radius 2 is 1.65 bits per heavy atom. The van der Waals surface area contributed by atoms with Crippen molar-refractivity contribution in [2.45, 2.75) is 45.0 Å². The van der Waals surface area contributed by atoms with Crippen LogP contribution in [0.2, 0.25) is 0 Å². The number of methoxy groups -OCH3 is 1. The van der Waals surface area contributed by atoms with E-state index in [4.69, 9.17) is 14.2 Å². The second-order valence-electron chi connectivity index (χ2n) is 9.86. The van der Waals surface area contributed by atoms with Crippen molar-refractivity contribution in [2.75, 3.05) is 38.9 Å². The van der Waals surface area contributed by atoms with Gasteiger partial charge >= 0.3 is 5.97 Å². The van der Waals surface area contributed by atoms with Gasteiger partial charge in [-0.15, -0.1) is 0 Å². The second kappa shape index (κ2) is 16.1. The Labute approximate surface area is 241 Å². The van der Waals surface area contributed by atoms with Crippen molar-refractivity contribution in [2.24, 2.45) is 0 Å². The highest BCUT2D eigenvalue weighted by atomic mass is 32.2.